The lowest BCUT2D eigenvalue weighted by Crippen LogP contribution is -2.35. The third kappa shape index (κ3) is 2.21. The summed E-state index contributed by atoms with van der Waals surface area (Å²) in [5, 5.41) is 8.10. The minimum absolute atomic E-state index is 0. The first kappa shape index (κ1) is 12.2. The summed E-state index contributed by atoms with van der Waals surface area (Å²) in [7, 11) is -3.33. The van der Waals surface area contributed by atoms with Gasteiger partial charge in [-0.3, -0.25) is 0 Å². The normalized spacial score (nSPS) is 30.5. The lowest BCUT2D eigenvalue weighted by molar-refractivity contribution is 0.388. The molecule has 14 heavy (non-hydrogen) atoms. The fraction of sp³-hybridized carbons (Fsp3) is 1.00. The highest BCUT2D eigenvalue weighted by Gasteiger charge is 2.44. The predicted molar refractivity (Wildman–Crippen MR) is 58.0 cm³/mol. The van der Waals surface area contributed by atoms with Crippen molar-refractivity contribution in [1.82, 2.24) is 5.32 Å². The van der Waals surface area contributed by atoms with E-state index in [1.54, 1.807) is 0 Å². The first-order valence-electron chi connectivity index (χ1n) is 4.79. The SMILES string of the molecule is Cl.NS(=O)(=O)C1CNC2(CCCC2)C1. The van der Waals surface area contributed by atoms with Crippen LogP contribution in [-0.2, 0) is 10.0 Å². The van der Waals surface area contributed by atoms with Crippen LogP contribution in [-0.4, -0.2) is 25.8 Å². The van der Waals surface area contributed by atoms with E-state index in [1.807, 2.05) is 0 Å². The van der Waals surface area contributed by atoms with Crippen molar-refractivity contribution in [3.05, 3.63) is 0 Å². The highest BCUT2D eigenvalue weighted by atomic mass is 35.5. The van der Waals surface area contributed by atoms with E-state index in [4.69, 9.17) is 5.14 Å². The van der Waals surface area contributed by atoms with Gasteiger partial charge < -0.3 is 5.32 Å². The molecule has 1 aliphatic carbocycles. The standard InChI is InChI=1S/C8H16N2O2S.ClH/c9-13(11,12)7-5-8(10-6-7)3-1-2-4-8;/h7,10H,1-6H2,(H2,9,11,12);1H. The molecule has 3 N–H and O–H groups in total. The van der Waals surface area contributed by atoms with Gasteiger partial charge in [0.2, 0.25) is 10.0 Å². The Morgan fingerprint density at radius 2 is 1.86 bits per heavy atom. The van der Waals surface area contributed by atoms with Crippen LogP contribution < -0.4 is 10.5 Å². The number of nitrogens with one attached hydrogen (secondary N) is 1. The van der Waals surface area contributed by atoms with E-state index >= 15 is 0 Å². The fourth-order valence-corrected chi connectivity index (χ4v) is 3.44. The van der Waals surface area contributed by atoms with E-state index in [0.717, 1.165) is 12.8 Å². The topological polar surface area (TPSA) is 72.2 Å². The Morgan fingerprint density at radius 3 is 2.29 bits per heavy atom. The van der Waals surface area contributed by atoms with E-state index < -0.39 is 10.0 Å². The third-order valence-corrected chi connectivity index (χ3v) is 4.61. The molecule has 0 bridgehead atoms. The Kier molecular flexibility index (Phi) is 3.46. The molecule has 0 aromatic rings. The second-order valence-electron chi connectivity index (χ2n) is 4.28. The largest absolute Gasteiger partial charge is 0.310 e. The predicted octanol–water partition coefficient (Wildman–Crippen LogP) is 0.371. The van der Waals surface area contributed by atoms with Crippen molar-refractivity contribution in [2.24, 2.45) is 5.14 Å². The number of hydrogen-bond acceptors (Lipinski definition) is 3. The summed E-state index contributed by atoms with van der Waals surface area (Å²) in [5.41, 5.74) is 0.108. The van der Waals surface area contributed by atoms with E-state index in [2.05, 4.69) is 5.32 Å². The lowest BCUT2D eigenvalue weighted by Gasteiger charge is -2.22. The summed E-state index contributed by atoms with van der Waals surface area (Å²) in [6.45, 7) is 0.541. The number of rotatable bonds is 1. The van der Waals surface area contributed by atoms with E-state index in [1.165, 1.54) is 12.8 Å². The summed E-state index contributed by atoms with van der Waals surface area (Å²) in [4.78, 5) is 0. The average molecular weight is 241 g/mol. The van der Waals surface area contributed by atoms with E-state index in [0.29, 0.717) is 13.0 Å². The van der Waals surface area contributed by atoms with Crippen LogP contribution >= 0.6 is 12.4 Å². The Morgan fingerprint density at radius 1 is 1.29 bits per heavy atom. The first-order chi connectivity index (χ1) is 6.02. The Bertz CT molecular complexity index is 298. The minimum atomic E-state index is -3.33. The van der Waals surface area contributed by atoms with Gasteiger partial charge in [0.1, 0.15) is 0 Å². The van der Waals surface area contributed by atoms with Gasteiger partial charge in [-0.2, -0.15) is 0 Å². The van der Waals surface area contributed by atoms with Gasteiger partial charge in [-0.25, -0.2) is 13.6 Å². The van der Waals surface area contributed by atoms with Crippen LogP contribution in [0.4, 0.5) is 0 Å². The van der Waals surface area contributed by atoms with E-state index in [9.17, 15) is 8.42 Å². The molecule has 2 rings (SSSR count). The van der Waals surface area contributed by atoms with Gasteiger partial charge in [0.05, 0.1) is 5.25 Å². The highest BCUT2D eigenvalue weighted by Crippen LogP contribution is 2.37. The molecule has 1 atom stereocenters. The molecule has 0 radical (unpaired) electrons. The molecule has 0 aromatic carbocycles. The van der Waals surface area contributed by atoms with Crippen molar-refractivity contribution in [2.75, 3.05) is 6.54 Å². The Labute approximate surface area is 91.1 Å². The van der Waals surface area contributed by atoms with Crippen molar-refractivity contribution >= 4 is 22.4 Å². The van der Waals surface area contributed by atoms with Crippen LogP contribution in [0.2, 0.25) is 0 Å². The maximum Gasteiger partial charge on any atom is 0.213 e. The Balaban J connectivity index is 0.000000980. The maximum absolute atomic E-state index is 11.1. The van der Waals surface area contributed by atoms with E-state index in [-0.39, 0.29) is 23.2 Å². The zero-order valence-electron chi connectivity index (χ0n) is 8.03. The number of hydrogen-bond donors (Lipinski definition) is 2. The summed E-state index contributed by atoms with van der Waals surface area (Å²) >= 11 is 0. The van der Waals surface area contributed by atoms with Crippen LogP contribution in [0.3, 0.4) is 0 Å². The molecule has 84 valence electrons. The summed E-state index contributed by atoms with van der Waals surface area (Å²) in [5.74, 6) is 0. The van der Waals surface area contributed by atoms with Gasteiger partial charge in [0.25, 0.3) is 0 Å². The summed E-state index contributed by atoms with van der Waals surface area (Å²) in [6, 6.07) is 0. The second-order valence-corrected chi connectivity index (χ2v) is 6.13. The van der Waals surface area contributed by atoms with Gasteiger partial charge in [-0.1, -0.05) is 12.8 Å². The molecule has 1 saturated heterocycles. The van der Waals surface area contributed by atoms with Crippen LogP contribution in [0, 0.1) is 0 Å². The fourth-order valence-electron chi connectivity index (χ4n) is 2.58. The van der Waals surface area contributed by atoms with Crippen LogP contribution in [0.25, 0.3) is 0 Å². The molecule has 6 heteroatoms. The maximum atomic E-state index is 11.1. The first-order valence-corrected chi connectivity index (χ1v) is 6.39. The van der Waals surface area contributed by atoms with Crippen LogP contribution in [0.1, 0.15) is 32.1 Å². The third-order valence-electron chi connectivity index (χ3n) is 3.35. The van der Waals surface area contributed by atoms with Crippen molar-refractivity contribution < 1.29 is 8.42 Å². The van der Waals surface area contributed by atoms with Gasteiger partial charge in [0.15, 0.2) is 0 Å². The van der Waals surface area contributed by atoms with Crippen LogP contribution in [0.15, 0.2) is 0 Å². The van der Waals surface area contributed by atoms with Crippen LogP contribution in [0.5, 0.6) is 0 Å². The zero-order chi connectivity index (χ0) is 9.53. The molecule has 1 unspecified atom stereocenters. The summed E-state index contributed by atoms with van der Waals surface area (Å²) in [6.07, 6.45) is 5.36. The smallest absolute Gasteiger partial charge is 0.213 e. The molecule has 1 heterocycles. The average Bonchev–Trinajstić information content (AvgIpc) is 2.60. The van der Waals surface area contributed by atoms with Crippen molar-refractivity contribution in [2.45, 2.75) is 42.9 Å². The second kappa shape index (κ2) is 3.96. The number of nitrogens with two attached hydrogens (primary N) is 1. The summed E-state index contributed by atoms with van der Waals surface area (Å²) < 4.78 is 22.2. The van der Waals surface area contributed by atoms with Gasteiger partial charge in [-0.05, 0) is 19.3 Å². The van der Waals surface area contributed by atoms with Crippen molar-refractivity contribution in [1.29, 1.82) is 0 Å². The monoisotopic (exact) mass is 240 g/mol. The number of halogens is 1. The van der Waals surface area contributed by atoms with Gasteiger partial charge in [0, 0.05) is 12.1 Å². The molecule has 0 amide bonds. The molecule has 2 fully saturated rings. The molecule has 0 aromatic heterocycles. The highest BCUT2D eigenvalue weighted by molar-refractivity contribution is 7.89. The van der Waals surface area contributed by atoms with Gasteiger partial charge in [-0.15, -0.1) is 12.4 Å². The molecule has 2 aliphatic rings. The molecule has 1 saturated carbocycles. The van der Waals surface area contributed by atoms with Gasteiger partial charge >= 0.3 is 0 Å². The van der Waals surface area contributed by atoms with Crippen molar-refractivity contribution in [3.8, 4) is 0 Å². The lowest BCUT2D eigenvalue weighted by atomic mass is 9.96. The number of sulfonamides is 1. The number of primary sulfonamides is 1. The minimum Gasteiger partial charge on any atom is -0.310 e. The molecular formula is C8H17ClN2O2S. The molecular weight excluding hydrogens is 224 g/mol. The Hall–Kier alpha value is 0.160. The molecule has 4 nitrogen and oxygen atoms in total. The quantitative estimate of drug-likeness (QED) is 0.696. The zero-order valence-corrected chi connectivity index (χ0v) is 9.66. The van der Waals surface area contributed by atoms with Crippen molar-refractivity contribution in [3.63, 3.8) is 0 Å². The molecule has 1 spiro atoms. The molecule has 1 aliphatic heterocycles.